The van der Waals surface area contributed by atoms with Crippen molar-refractivity contribution in [3.05, 3.63) is 29.0 Å². The average molecular weight is 490 g/mol. The van der Waals surface area contributed by atoms with Gasteiger partial charge in [-0.15, -0.1) is 4.85 Å². The van der Waals surface area contributed by atoms with Crippen LogP contribution in [0.2, 0.25) is 0 Å². The fourth-order valence-corrected chi connectivity index (χ4v) is 2.91. The Morgan fingerprint density at radius 3 is 2.10 bits per heavy atom. The van der Waals surface area contributed by atoms with Crippen LogP contribution in [0, 0.1) is 5.21 Å². The van der Waals surface area contributed by atoms with E-state index in [4.69, 9.17) is 4.74 Å². The summed E-state index contributed by atoms with van der Waals surface area (Å²) in [6.07, 6.45) is -4.89. The van der Waals surface area contributed by atoms with Crippen LogP contribution in [0.1, 0.15) is 11.9 Å². The third kappa shape index (κ3) is 7.94. The van der Waals surface area contributed by atoms with E-state index in [1.54, 1.807) is 0 Å². The first-order valence-corrected chi connectivity index (χ1v) is 10.00. The van der Waals surface area contributed by atoms with Crippen molar-refractivity contribution in [3.8, 4) is 0 Å². The molecule has 0 bridgehead atoms. The Kier molecular flexibility index (Phi) is 8.14. The van der Waals surface area contributed by atoms with Crippen molar-refractivity contribution in [3.63, 3.8) is 0 Å². The largest absolute Gasteiger partial charge is 1.00 e. The van der Waals surface area contributed by atoms with Gasteiger partial charge in [0.15, 0.2) is 0 Å². The minimum Gasteiger partial charge on any atom is -1.00 e. The van der Waals surface area contributed by atoms with E-state index in [-0.39, 0.29) is 21.4 Å². The molecule has 31 heavy (non-hydrogen) atoms. The van der Waals surface area contributed by atoms with Crippen LogP contribution in [0.3, 0.4) is 0 Å². The molecule has 0 N–H and O–H groups in total. The summed E-state index contributed by atoms with van der Waals surface area (Å²) in [4.78, 5) is 4.16. The van der Waals surface area contributed by atoms with Crippen molar-refractivity contribution in [1.82, 2.24) is 19.7 Å². The molecule has 2 heterocycles. The molecule has 1 aliphatic heterocycles. The van der Waals surface area contributed by atoms with E-state index in [0.29, 0.717) is 31.8 Å². The quantitative estimate of drug-likeness (QED) is 0.278. The molecule has 0 spiro atoms. The molecule has 0 aliphatic carbocycles. The number of morpholine rings is 1. The van der Waals surface area contributed by atoms with E-state index in [9.17, 15) is 39.4 Å². The van der Waals surface area contributed by atoms with Gasteiger partial charge in [-0.3, -0.25) is 4.90 Å². The summed E-state index contributed by atoms with van der Waals surface area (Å²) in [5, 5.41) is 15.9. The van der Waals surface area contributed by atoms with Gasteiger partial charge < -0.3 is 14.6 Å². The molecule has 1 aromatic carbocycles. The van der Waals surface area contributed by atoms with Gasteiger partial charge >= 0.3 is 35.3 Å². The topological polar surface area (TPSA) is 60.5 Å². The number of nitrogens with zero attached hydrogens (tertiary/aromatic N) is 5. The zero-order valence-electron chi connectivity index (χ0n) is 16.0. The van der Waals surface area contributed by atoms with Crippen molar-refractivity contribution in [2.24, 2.45) is 0 Å². The average Bonchev–Trinajstić information content (AvgIpc) is 2.89. The van der Waals surface area contributed by atoms with Gasteiger partial charge in [0.2, 0.25) is 17.3 Å². The molecule has 180 valence electrons. The third-order valence-corrected chi connectivity index (χ3v) is 3.99. The van der Waals surface area contributed by atoms with Crippen molar-refractivity contribution in [1.29, 1.82) is 0 Å². The minimum atomic E-state index is -8.55. The van der Waals surface area contributed by atoms with Gasteiger partial charge in [0.05, 0.1) is 24.0 Å². The molecule has 0 amide bonds. The van der Waals surface area contributed by atoms with Crippen LogP contribution in [0.4, 0.5) is 34.2 Å². The van der Waals surface area contributed by atoms with Crippen LogP contribution in [0.15, 0.2) is 18.2 Å². The van der Waals surface area contributed by atoms with Gasteiger partial charge in [-0.2, -0.15) is 13.2 Å². The second kappa shape index (κ2) is 9.30. The van der Waals surface area contributed by atoms with Gasteiger partial charge in [0.1, 0.15) is 0 Å². The van der Waals surface area contributed by atoms with Crippen LogP contribution in [0.25, 0.3) is 11.0 Å². The molecule has 1 fully saturated rings. The van der Waals surface area contributed by atoms with Crippen LogP contribution < -0.4 is 9.55 Å². The normalized spacial score (nSPS) is 18.0. The molecular weight excluding hydrogens is 472 g/mol. The standard InChI is InChI=1S/C14H18F3N5O2.F5P.FH/c1-19(2)13(20-5-7-24-8-6-20)21-11-4-3-10(14(15,16)17)9-12(11)22(23)18-21;1-6(2,3,4)5;/h3-4,9,13H,5-8H2,1-2H3;;1H/p-1. The molecule has 17 heteroatoms. The molecule has 1 unspecified atom stereocenters. The van der Waals surface area contributed by atoms with Gasteiger partial charge in [-0.1, -0.05) is 4.68 Å². The number of halogens is 9. The van der Waals surface area contributed by atoms with Gasteiger partial charge in [0.25, 0.3) is 0 Å². The predicted octanol–water partition coefficient (Wildman–Crippen LogP) is 1.00. The van der Waals surface area contributed by atoms with Crippen molar-refractivity contribution < 1.29 is 48.4 Å². The molecule has 1 saturated heterocycles. The van der Waals surface area contributed by atoms with Gasteiger partial charge in [-0.05, 0) is 26.2 Å². The minimum absolute atomic E-state index is 0. The summed E-state index contributed by atoms with van der Waals surface area (Å²) in [6.45, 7) is 2.39. The fourth-order valence-electron chi connectivity index (χ4n) is 2.91. The first-order valence-electron chi connectivity index (χ1n) is 8.31. The Morgan fingerprint density at radius 1 is 1.13 bits per heavy atom. The molecule has 1 atom stereocenters. The smallest absolute Gasteiger partial charge is 1.00 e. The molecule has 7 nitrogen and oxygen atoms in total. The van der Waals surface area contributed by atoms with E-state index in [0.717, 1.165) is 12.1 Å². The summed E-state index contributed by atoms with van der Waals surface area (Å²) < 4.78 is 94.6. The summed E-state index contributed by atoms with van der Waals surface area (Å²) in [5.74, 6) is 0. The second-order valence-electron chi connectivity index (χ2n) is 6.51. The van der Waals surface area contributed by atoms with Crippen LogP contribution in [-0.2, 0) is 10.9 Å². The molecular formula is C14H18F9N5O2P-. The molecule has 0 radical (unpaired) electrons. The zero-order chi connectivity index (χ0) is 22.9. The van der Waals surface area contributed by atoms with Crippen molar-refractivity contribution in [2.45, 2.75) is 12.5 Å². The maximum absolute atomic E-state index is 12.9. The Hall–Kier alpha value is -1.90. The number of aromatic nitrogens is 3. The maximum Gasteiger partial charge on any atom is -1.00 e. The molecule has 1 aliphatic rings. The van der Waals surface area contributed by atoms with Gasteiger partial charge in [-0.25, -0.2) is 4.90 Å². The summed E-state index contributed by atoms with van der Waals surface area (Å²) in [6, 6.07) is 3.08. The van der Waals surface area contributed by atoms with Crippen molar-refractivity contribution in [2.75, 3.05) is 40.4 Å². The number of alkyl halides is 3. The Morgan fingerprint density at radius 2 is 1.65 bits per heavy atom. The van der Waals surface area contributed by atoms with Crippen LogP contribution in [-0.4, -0.2) is 60.1 Å². The number of benzene rings is 1. The van der Waals surface area contributed by atoms with Crippen LogP contribution in [0.5, 0.6) is 0 Å². The van der Waals surface area contributed by atoms with E-state index >= 15 is 0 Å². The van der Waals surface area contributed by atoms with Crippen LogP contribution >= 0.6 is 8.16 Å². The van der Waals surface area contributed by atoms with E-state index in [2.05, 4.69) is 10.1 Å². The van der Waals surface area contributed by atoms with E-state index < -0.39 is 19.9 Å². The first-order chi connectivity index (χ1) is 13.5. The SMILES string of the molecule is CN(C)C(N1CCOCC1)n1n[n+]([O-])c2cc(C(F)(F)F)ccc21.FP(F)(F)(F)F.[F-]. The number of ether oxygens (including phenoxy) is 1. The third-order valence-electron chi connectivity index (χ3n) is 3.99. The number of rotatable bonds is 3. The Bertz CT molecular complexity index is 862. The second-order valence-corrected chi connectivity index (χ2v) is 7.78. The monoisotopic (exact) mass is 490 g/mol. The summed E-state index contributed by atoms with van der Waals surface area (Å²) in [5.41, 5.74) is -0.625. The number of hydrogen-bond acceptors (Lipinski definition) is 5. The van der Waals surface area contributed by atoms with E-state index in [1.165, 1.54) is 10.7 Å². The molecule has 1 aromatic heterocycles. The molecule has 3 rings (SSSR count). The number of fused-ring (bicyclic) bond motifs is 1. The fraction of sp³-hybridized carbons (Fsp3) is 0.571. The summed E-state index contributed by atoms with van der Waals surface area (Å²) in [7, 11) is -4.90. The zero-order valence-corrected chi connectivity index (χ0v) is 16.9. The maximum atomic E-state index is 12.9. The predicted molar refractivity (Wildman–Crippen MR) is 91.3 cm³/mol. The molecule has 2 aromatic rings. The van der Waals surface area contributed by atoms with Gasteiger partial charge in [0, 0.05) is 19.2 Å². The Balaban J connectivity index is 0.000000607. The van der Waals surface area contributed by atoms with Crippen molar-refractivity contribution >= 4 is 19.2 Å². The summed E-state index contributed by atoms with van der Waals surface area (Å²) >= 11 is 0. The molecule has 0 saturated carbocycles. The van der Waals surface area contributed by atoms with E-state index in [1.807, 2.05) is 19.0 Å². The first kappa shape index (κ1) is 27.1. The Labute approximate surface area is 170 Å². The number of hydrogen-bond donors (Lipinski definition) is 0.